The van der Waals surface area contributed by atoms with Gasteiger partial charge in [-0.25, -0.2) is 9.82 Å². The molecule has 0 saturated heterocycles. The van der Waals surface area contributed by atoms with Crippen LogP contribution in [0.25, 0.3) is 0 Å². The fourth-order valence-corrected chi connectivity index (χ4v) is 2.31. The second-order valence-electron chi connectivity index (χ2n) is 4.34. The number of hydrazone groups is 1. The first kappa shape index (κ1) is 15.3. The van der Waals surface area contributed by atoms with Crippen molar-refractivity contribution < 1.29 is 9.18 Å². The molecule has 0 aliphatic carbocycles. The number of halogens is 1. The van der Waals surface area contributed by atoms with Gasteiger partial charge in [0.15, 0.2) is 0 Å². The lowest BCUT2D eigenvalue weighted by atomic mass is 10.1. The van der Waals surface area contributed by atoms with Gasteiger partial charge in [-0.1, -0.05) is 30.3 Å². The molecular formula is C16H15FN2OS. The third-order valence-corrected chi connectivity index (χ3v) is 3.74. The van der Waals surface area contributed by atoms with Gasteiger partial charge in [0.05, 0.1) is 11.5 Å². The van der Waals surface area contributed by atoms with Gasteiger partial charge >= 0.3 is 0 Å². The summed E-state index contributed by atoms with van der Waals surface area (Å²) in [7, 11) is 0. The third kappa shape index (κ3) is 5.04. The van der Waals surface area contributed by atoms with Gasteiger partial charge in [-0.3, -0.25) is 4.79 Å². The highest BCUT2D eigenvalue weighted by atomic mass is 32.2. The van der Waals surface area contributed by atoms with Gasteiger partial charge in [-0.2, -0.15) is 5.10 Å². The summed E-state index contributed by atoms with van der Waals surface area (Å²) in [6.45, 7) is 1.76. The molecule has 1 N–H and O–H groups in total. The predicted octanol–water partition coefficient (Wildman–Crippen LogP) is 3.46. The number of thioether (sulfide) groups is 1. The molecule has 0 unspecified atom stereocenters. The number of carbonyl (C=O) groups is 1. The molecule has 3 nitrogen and oxygen atoms in total. The number of nitrogens with zero attached hydrogens (tertiary/aromatic N) is 1. The first-order chi connectivity index (χ1) is 10.1. The van der Waals surface area contributed by atoms with Crippen LogP contribution in [0.4, 0.5) is 4.39 Å². The quantitative estimate of drug-likeness (QED) is 0.522. The van der Waals surface area contributed by atoms with Gasteiger partial charge in [-0.05, 0) is 36.8 Å². The van der Waals surface area contributed by atoms with Crippen molar-refractivity contribution in [2.45, 2.75) is 11.8 Å². The van der Waals surface area contributed by atoms with Crippen LogP contribution in [0.2, 0.25) is 0 Å². The van der Waals surface area contributed by atoms with Crippen LogP contribution >= 0.6 is 11.8 Å². The SMILES string of the molecule is C/C(=N/NC(=O)CSc1ccccc1)c1ccc(F)cc1. The summed E-state index contributed by atoms with van der Waals surface area (Å²) in [6, 6.07) is 15.7. The number of carbonyl (C=O) groups excluding carboxylic acids is 1. The third-order valence-electron chi connectivity index (χ3n) is 2.72. The van der Waals surface area contributed by atoms with Crippen molar-refractivity contribution in [3.63, 3.8) is 0 Å². The smallest absolute Gasteiger partial charge is 0.250 e. The van der Waals surface area contributed by atoms with E-state index in [9.17, 15) is 9.18 Å². The molecule has 2 aromatic rings. The van der Waals surface area contributed by atoms with Crippen LogP contribution in [-0.2, 0) is 4.79 Å². The molecule has 5 heteroatoms. The Morgan fingerprint density at radius 3 is 2.48 bits per heavy atom. The van der Waals surface area contributed by atoms with Gasteiger partial charge in [0.1, 0.15) is 5.82 Å². The Morgan fingerprint density at radius 1 is 1.14 bits per heavy atom. The molecule has 0 aliphatic rings. The summed E-state index contributed by atoms with van der Waals surface area (Å²) in [6.07, 6.45) is 0. The van der Waals surface area contributed by atoms with Crippen molar-refractivity contribution >= 4 is 23.4 Å². The number of hydrogen-bond acceptors (Lipinski definition) is 3. The van der Waals surface area contributed by atoms with Crippen LogP contribution in [0.15, 0.2) is 64.6 Å². The van der Waals surface area contributed by atoms with E-state index in [-0.39, 0.29) is 11.7 Å². The maximum atomic E-state index is 12.8. The number of benzene rings is 2. The normalized spacial score (nSPS) is 11.2. The Kier molecular flexibility index (Phi) is 5.51. The minimum Gasteiger partial charge on any atom is -0.272 e. The Hall–Kier alpha value is -2.14. The van der Waals surface area contributed by atoms with E-state index in [1.807, 2.05) is 30.3 Å². The Labute approximate surface area is 127 Å². The van der Waals surface area contributed by atoms with Gasteiger partial charge in [-0.15, -0.1) is 11.8 Å². The lowest BCUT2D eigenvalue weighted by molar-refractivity contribution is -0.118. The van der Waals surface area contributed by atoms with Crippen LogP contribution in [0.5, 0.6) is 0 Å². The number of hydrogen-bond donors (Lipinski definition) is 1. The molecule has 0 aromatic heterocycles. The molecule has 0 aliphatic heterocycles. The lowest BCUT2D eigenvalue weighted by Crippen LogP contribution is -2.21. The van der Waals surface area contributed by atoms with E-state index in [0.717, 1.165) is 10.5 Å². The zero-order chi connectivity index (χ0) is 15.1. The molecule has 108 valence electrons. The highest BCUT2D eigenvalue weighted by Gasteiger charge is 2.03. The van der Waals surface area contributed by atoms with Crippen LogP contribution in [-0.4, -0.2) is 17.4 Å². The van der Waals surface area contributed by atoms with Gasteiger partial charge in [0, 0.05) is 4.90 Å². The Morgan fingerprint density at radius 2 is 1.81 bits per heavy atom. The average Bonchev–Trinajstić information content (AvgIpc) is 2.52. The highest BCUT2D eigenvalue weighted by molar-refractivity contribution is 8.00. The van der Waals surface area contributed by atoms with E-state index in [2.05, 4.69) is 10.5 Å². The Bertz CT molecular complexity index is 626. The molecule has 2 rings (SSSR count). The van der Waals surface area contributed by atoms with Gasteiger partial charge in [0.25, 0.3) is 0 Å². The van der Waals surface area contributed by atoms with Crippen molar-refractivity contribution in [1.29, 1.82) is 0 Å². The van der Waals surface area contributed by atoms with E-state index in [1.165, 1.54) is 23.9 Å². The van der Waals surface area contributed by atoms with Crippen molar-refractivity contribution in [2.75, 3.05) is 5.75 Å². The van der Waals surface area contributed by atoms with Crippen molar-refractivity contribution in [3.05, 3.63) is 66.0 Å². The lowest BCUT2D eigenvalue weighted by Gasteiger charge is -2.03. The fraction of sp³-hybridized carbons (Fsp3) is 0.125. The van der Waals surface area contributed by atoms with Gasteiger partial charge < -0.3 is 0 Å². The van der Waals surface area contributed by atoms with Crippen molar-refractivity contribution in [3.8, 4) is 0 Å². The average molecular weight is 302 g/mol. The summed E-state index contributed by atoms with van der Waals surface area (Å²) >= 11 is 1.45. The topological polar surface area (TPSA) is 41.5 Å². The monoisotopic (exact) mass is 302 g/mol. The zero-order valence-electron chi connectivity index (χ0n) is 11.5. The zero-order valence-corrected chi connectivity index (χ0v) is 12.4. The minimum atomic E-state index is -0.296. The summed E-state index contributed by atoms with van der Waals surface area (Å²) in [5.74, 6) is -0.176. The van der Waals surface area contributed by atoms with Crippen LogP contribution in [0.3, 0.4) is 0 Å². The van der Waals surface area contributed by atoms with E-state index >= 15 is 0 Å². The standard InChI is InChI=1S/C16H15FN2OS/c1-12(13-7-9-14(17)10-8-13)18-19-16(20)11-21-15-5-3-2-4-6-15/h2-10H,11H2,1H3,(H,19,20)/b18-12-. The summed E-state index contributed by atoms with van der Waals surface area (Å²) in [5, 5.41) is 4.02. The number of nitrogens with one attached hydrogen (secondary N) is 1. The van der Waals surface area contributed by atoms with E-state index < -0.39 is 0 Å². The minimum absolute atomic E-state index is 0.176. The summed E-state index contributed by atoms with van der Waals surface area (Å²) < 4.78 is 12.8. The molecular weight excluding hydrogens is 287 g/mol. The van der Waals surface area contributed by atoms with E-state index in [1.54, 1.807) is 19.1 Å². The number of rotatable bonds is 5. The highest BCUT2D eigenvalue weighted by Crippen LogP contribution is 2.16. The molecule has 0 radical (unpaired) electrons. The molecule has 2 aromatic carbocycles. The number of amides is 1. The molecule has 0 atom stereocenters. The summed E-state index contributed by atoms with van der Waals surface area (Å²) in [5.41, 5.74) is 3.90. The van der Waals surface area contributed by atoms with Crippen LogP contribution < -0.4 is 5.43 Å². The maximum Gasteiger partial charge on any atom is 0.250 e. The molecule has 0 bridgehead atoms. The molecule has 0 fully saturated rings. The van der Waals surface area contributed by atoms with E-state index in [0.29, 0.717) is 11.5 Å². The fourth-order valence-electron chi connectivity index (χ4n) is 1.60. The van der Waals surface area contributed by atoms with Gasteiger partial charge in [0.2, 0.25) is 5.91 Å². The van der Waals surface area contributed by atoms with Crippen molar-refractivity contribution in [2.24, 2.45) is 5.10 Å². The molecule has 0 heterocycles. The summed E-state index contributed by atoms with van der Waals surface area (Å²) in [4.78, 5) is 12.7. The van der Waals surface area contributed by atoms with Crippen LogP contribution in [0, 0.1) is 5.82 Å². The van der Waals surface area contributed by atoms with Crippen molar-refractivity contribution in [1.82, 2.24) is 5.43 Å². The van der Waals surface area contributed by atoms with E-state index in [4.69, 9.17) is 0 Å². The van der Waals surface area contributed by atoms with Crippen LogP contribution in [0.1, 0.15) is 12.5 Å². The largest absolute Gasteiger partial charge is 0.272 e. The first-order valence-corrected chi connectivity index (χ1v) is 7.40. The first-order valence-electron chi connectivity index (χ1n) is 6.42. The second-order valence-corrected chi connectivity index (χ2v) is 5.39. The molecule has 21 heavy (non-hydrogen) atoms. The maximum absolute atomic E-state index is 12.8. The predicted molar refractivity (Wildman–Crippen MR) is 83.9 cm³/mol. The Balaban J connectivity index is 1.85. The second kappa shape index (κ2) is 7.59. The molecule has 1 amide bonds. The molecule has 0 saturated carbocycles. The molecule has 0 spiro atoms.